The Balaban J connectivity index is 1.54. The Kier molecular flexibility index (Phi) is 5.51. The average molecular weight is 450 g/mol. The Labute approximate surface area is 194 Å². The second-order valence-electron chi connectivity index (χ2n) is 8.19. The maximum Gasteiger partial charge on any atom is 0.332 e. The molecule has 34 heavy (non-hydrogen) atoms. The van der Waals surface area contributed by atoms with Crippen LogP contribution in [0.3, 0.4) is 0 Å². The number of nitrogens with one attached hydrogen (secondary N) is 1. The molecule has 2 aromatic heterocycles. The first-order chi connectivity index (χ1) is 16.5. The Morgan fingerprint density at radius 1 is 0.882 bits per heavy atom. The monoisotopic (exact) mass is 450 g/mol. The van der Waals surface area contributed by atoms with Crippen LogP contribution in [-0.2, 0) is 17.9 Å². The Morgan fingerprint density at radius 2 is 1.65 bits per heavy atom. The predicted molar refractivity (Wildman–Crippen MR) is 133 cm³/mol. The molecule has 0 radical (unpaired) electrons. The summed E-state index contributed by atoms with van der Waals surface area (Å²) < 4.78 is 2.43. The molecule has 7 heteroatoms. The summed E-state index contributed by atoms with van der Waals surface area (Å²) in [7, 11) is 0. The van der Waals surface area contributed by atoms with Gasteiger partial charge < -0.3 is 5.32 Å². The number of benzene rings is 3. The van der Waals surface area contributed by atoms with E-state index in [9.17, 15) is 14.4 Å². The van der Waals surface area contributed by atoms with E-state index < -0.39 is 11.2 Å². The van der Waals surface area contributed by atoms with Crippen molar-refractivity contribution < 1.29 is 4.79 Å². The zero-order chi connectivity index (χ0) is 23.7. The van der Waals surface area contributed by atoms with Crippen LogP contribution < -0.4 is 16.6 Å². The van der Waals surface area contributed by atoms with E-state index in [1.54, 1.807) is 12.1 Å². The van der Waals surface area contributed by atoms with Gasteiger partial charge in [0, 0.05) is 17.3 Å². The fraction of sp³-hybridized carbons (Fsp3) is 0.111. The normalized spacial score (nSPS) is 11.1. The van der Waals surface area contributed by atoms with Crippen molar-refractivity contribution in [2.45, 2.75) is 20.0 Å². The first kappa shape index (κ1) is 21.3. The molecule has 7 nitrogen and oxygen atoms in total. The van der Waals surface area contributed by atoms with Gasteiger partial charge in [0.05, 0.1) is 12.1 Å². The highest BCUT2D eigenvalue weighted by molar-refractivity contribution is 6.02. The summed E-state index contributed by atoms with van der Waals surface area (Å²) >= 11 is 0. The van der Waals surface area contributed by atoms with E-state index >= 15 is 0 Å². The highest BCUT2D eigenvalue weighted by atomic mass is 16.2. The van der Waals surface area contributed by atoms with Gasteiger partial charge in [-0.05, 0) is 36.1 Å². The topological polar surface area (TPSA) is 86.0 Å². The number of aryl methyl sites for hydroxylation is 1. The van der Waals surface area contributed by atoms with Crippen LogP contribution in [0.5, 0.6) is 0 Å². The number of hydrogen-bond acceptors (Lipinski definition) is 4. The van der Waals surface area contributed by atoms with Crippen molar-refractivity contribution in [1.82, 2.24) is 14.1 Å². The number of rotatable bonds is 5. The van der Waals surface area contributed by atoms with Gasteiger partial charge in [-0.2, -0.15) is 0 Å². The van der Waals surface area contributed by atoms with Crippen LogP contribution in [-0.4, -0.2) is 20.0 Å². The highest BCUT2D eigenvalue weighted by Gasteiger charge is 2.17. The van der Waals surface area contributed by atoms with Gasteiger partial charge in [0.15, 0.2) is 5.52 Å². The Morgan fingerprint density at radius 3 is 2.47 bits per heavy atom. The van der Waals surface area contributed by atoms with E-state index in [0.29, 0.717) is 11.2 Å². The fourth-order valence-electron chi connectivity index (χ4n) is 4.08. The second-order valence-corrected chi connectivity index (χ2v) is 8.19. The molecule has 0 atom stereocenters. The molecule has 5 aromatic rings. The van der Waals surface area contributed by atoms with Gasteiger partial charge >= 0.3 is 5.69 Å². The fourth-order valence-corrected chi connectivity index (χ4v) is 4.08. The summed E-state index contributed by atoms with van der Waals surface area (Å²) in [6.45, 7) is 1.81. The zero-order valence-corrected chi connectivity index (χ0v) is 18.6. The molecule has 0 saturated heterocycles. The van der Waals surface area contributed by atoms with Gasteiger partial charge in [0.25, 0.3) is 5.56 Å². The lowest BCUT2D eigenvalue weighted by molar-refractivity contribution is -0.116. The van der Waals surface area contributed by atoms with Crippen molar-refractivity contribution in [3.05, 3.63) is 117 Å². The third-order valence-electron chi connectivity index (χ3n) is 5.81. The average Bonchev–Trinajstić information content (AvgIpc) is 2.86. The van der Waals surface area contributed by atoms with Gasteiger partial charge in [-0.1, -0.05) is 66.2 Å². The number of hydrogen-bond donors (Lipinski definition) is 1. The van der Waals surface area contributed by atoms with Crippen molar-refractivity contribution in [1.29, 1.82) is 0 Å². The summed E-state index contributed by atoms with van der Waals surface area (Å²) in [4.78, 5) is 43.7. The molecule has 0 aliphatic heterocycles. The molecule has 0 aliphatic rings. The summed E-state index contributed by atoms with van der Waals surface area (Å²) in [5.74, 6) is -0.371. The van der Waals surface area contributed by atoms with E-state index in [4.69, 9.17) is 0 Å². The molecule has 0 bridgehead atoms. The third kappa shape index (κ3) is 3.99. The Hall–Kier alpha value is -4.52. The van der Waals surface area contributed by atoms with Crippen LogP contribution in [0.1, 0.15) is 11.1 Å². The molecule has 168 valence electrons. The van der Waals surface area contributed by atoms with Crippen LogP contribution in [0, 0.1) is 6.92 Å². The van der Waals surface area contributed by atoms with E-state index in [1.165, 1.54) is 10.8 Å². The molecule has 0 spiro atoms. The van der Waals surface area contributed by atoms with Gasteiger partial charge in [0.2, 0.25) is 5.91 Å². The SMILES string of the molecule is Cc1ccc(Cn2c(=O)c3ncccc3n(CC(=O)Nc3cccc4ccccc34)c2=O)cc1. The minimum Gasteiger partial charge on any atom is -0.324 e. The van der Waals surface area contributed by atoms with E-state index in [2.05, 4.69) is 10.3 Å². The van der Waals surface area contributed by atoms with Crippen molar-refractivity contribution in [2.24, 2.45) is 0 Å². The standard InChI is InChI=1S/C27H22N4O3/c1-18-11-13-19(14-12-18)16-31-26(33)25-23(10-5-15-28-25)30(27(31)34)17-24(32)29-22-9-4-7-20-6-2-3-8-21(20)22/h2-15H,16-17H2,1H3,(H,29,32). The number of amides is 1. The van der Waals surface area contributed by atoms with E-state index in [0.717, 1.165) is 26.5 Å². The largest absolute Gasteiger partial charge is 0.332 e. The lowest BCUT2D eigenvalue weighted by Gasteiger charge is -2.14. The first-order valence-corrected chi connectivity index (χ1v) is 10.9. The summed E-state index contributed by atoms with van der Waals surface area (Å²) in [5, 5.41) is 4.81. The molecule has 0 saturated carbocycles. The molecule has 1 N–H and O–H groups in total. The minimum absolute atomic E-state index is 0.0927. The lowest BCUT2D eigenvalue weighted by Crippen LogP contribution is -2.42. The Bertz CT molecular complexity index is 1640. The number of pyridine rings is 1. The molecule has 3 aromatic carbocycles. The third-order valence-corrected chi connectivity index (χ3v) is 5.81. The smallest absolute Gasteiger partial charge is 0.324 e. The van der Waals surface area contributed by atoms with Gasteiger partial charge in [0.1, 0.15) is 6.54 Å². The van der Waals surface area contributed by atoms with Crippen LogP contribution in [0.15, 0.2) is 94.6 Å². The van der Waals surface area contributed by atoms with Gasteiger partial charge in [-0.15, -0.1) is 0 Å². The van der Waals surface area contributed by atoms with Crippen LogP contribution in [0.2, 0.25) is 0 Å². The summed E-state index contributed by atoms with van der Waals surface area (Å²) in [6.07, 6.45) is 1.50. The van der Waals surface area contributed by atoms with E-state index in [1.807, 2.05) is 73.7 Å². The summed E-state index contributed by atoms with van der Waals surface area (Å²) in [6, 6.07) is 24.3. The quantitative estimate of drug-likeness (QED) is 0.442. The number of nitrogens with zero attached hydrogens (tertiary/aromatic N) is 3. The number of carbonyl (C=O) groups is 1. The maximum atomic E-state index is 13.4. The molecule has 1 amide bonds. The number of aromatic nitrogens is 3. The number of anilines is 1. The highest BCUT2D eigenvalue weighted by Crippen LogP contribution is 2.23. The number of fused-ring (bicyclic) bond motifs is 2. The molecular weight excluding hydrogens is 428 g/mol. The molecule has 0 fully saturated rings. The first-order valence-electron chi connectivity index (χ1n) is 10.9. The predicted octanol–water partition coefficient (Wildman–Crippen LogP) is 3.71. The van der Waals surface area contributed by atoms with Gasteiger partial charge in [-0.3, -0.25) is 18.7 Å². The van der Waals surface area contributed by atoms with Crippen LogP contribution in [0.4, 0.5) is 5.69 Å². The van der Waals surface area contributed by atoms with Gasteiger partial charge in [-0.25, -0.2) is 9.78 Å². The van der Waals surface area contributed by atoms with Crippen molar-refractivity contribution in [2.75, 3.05) is 5.32 Å². The van der Waals surface area contributed by atoms with Crippen LogP contribution in [0.25, 0.3) is 21.8 Å². The van der Waals surface area contributed by atoms with Crippen molar-refractivity contribution >= 4 is 33.4 Å². The maximum absolute atomic E-state index is 13.4. The molecular formula is C27H22N4O3. The van der Waals surface area contributed by atoms with Crippen molar-refractivity contribution in [3.8, 4) is 0 Å². The molecule has 2 heterocycles. The second kappa shape index (κ2) is 8.78. The molecule has 5 rings (SSSR count). The van der Waals surface area contributed by atoms with E-state index in [-0.39, 0.29) is 24.5 Å². The molecule has 0 aliphatic carbocycles. The zero-order valence-electron chi connectivity index (χ0n) is 18.6. The van der Waals surface area contributed by atoms with Crippen LogP contribution >= 0.6 is 0 Å². The number of carbonyl (C=O) groups excluding carboxylic acids is 1. The van der Waals surface area contributed by atoms with Crippen molar-refractivity contribution in [3.63, 3.8) is 0 Å². The summed E-state index contributed by atoms with van der Waals surface area (Å²) in [5.41, 5.74) is 1.99. The lowest BCUT2D eigenvalue weighted by atomic mass is 10.1. The minimum atomic E-state index is -0.556. The molecule has 0 unspecified atom stereocenters.